The summed E-state index contributed by atoms with van der Waals surface area (Å²) in [5.74, 6) is 5.86. The lowest BCUT2D eigenvalue weighted by Crippen LogP contribution is -2.31. The molecule has 2 aromatic carbocycles. The van der Waals surface area contributed by atoms with Gasteiger partial charge in [-0.25, -0.2) is 8.42 Å². The molecule has 4 N–H and O–H groups in total. The van der Waals surface area contributed by atoms with Gasteiger partial charge in [-0.1, -0.05) is 11.8 Å². The molecular formula is C34H39N7O4S. The highest BCUT2D eigenvalue weighted by Crippen LogP contribution is 2.22. The van der Waals surface area contributed by atoms with Crippen molar-refractivity contribution in [2.45, 2.75) is 42.8 Å². The van der Waals surface area contributed by atoms with Gasteiger partial charge in [0.05, 0.1) is 22.5 Å². The number of carbonyl (C=O) groups is 2. The van der Waals surface area contributed by atoms with Crippen LogP contribution in [0, 0.1) is 17.8 Å². The van der Waals surface area contributed by atoms with Crippen LogP contribution in [-0.2, 0) is 29.1 Å². The normalized spacial score (nSPS) is 13.5. The first-order chi connectivity index (χ1) is 22.3. The standard InChI is InChI=1S/C34H39N7O4S/c1-41-20-15-31(40-41)24-46(44,45)32-11-10-30(34(43)36-16-2-3-27-22-38-39-23-27)21-29(32)9-6-25-4-7-28(8-5-25)33(42)37-19-14-26-12-17-35-18-13-26/h4-5,7-8,10-11,15,20-23,26,35H,2-3,12-14,16-19,24H2,1H3,(H,36,43)(H,37,42)(H,38,39). The quantitative estimate of drug-likeness (QED) is 0.137. The minimum atomic E-state index is -3.83. The van der Waals surface area contributed by atoms with Crippen LogP contribution in [0.15, 0.2) is 72.0 Å². The Morgan fingerprint density at radius 2 is 1.72 bits per heavy atom. The second-order valence-electron chi connectivity index (χ2n) is 11.5. The van der Waals surface area contributed by atoms with E-state index in [2.05, 4.69) is 43.1 Å². The molecule has 5 rings (SSSR count). The van der Waals surface area contributed by atoms with Gasteiger partial charge in [-0.3, -0.25) is 19.4 Å². The summed E-state index contributed by atoms with van der Waals surface area (Å²) in [5, 5.41) is 20.2. The first kappa shape index (κ1) is 32.7. The van der Waals surface area contributed by atoms with E-state index in [1.54, 1.807) is 54.5 Å². The van der Waals surface area contributed by atoms with Crippen molar-refractivity contribution in [2.24, 2.45) is 13.0 Å². The van der Waals surface area contributed by atoms with Crippen molar-refractivity contribution in [3.8, 4) is 11.8 Å². The molecule has 2 amide bonds. The maximum Gasteiger partial charge on any atom is 0.251 e. The first-order valence-corrected chi connectivity index (χ1v) is 17.1. The number of hydrogen-bond donors (Lipinski definition) is 4. The molecule has 0 radical (unpaired) electrons. The minimum Gasteiger partial charge on any atom is -0.352 e. The van der Waals surface area contributed by atoms with Crippen molar-refractivity contribution in [1.29, 1.82) is 0 Å². The third-order valence-electron chi connectivity index (χ3n) is 7.95. The van der Waals surface area contributed by atoms with Crippen LogP contribution < -0.4 is 16.0 Å². The fourth-order valence-corrected chi connectivity index (χ4v) is 6.79. The van der Waals surface area contributed by atoms with Crippen LogP contribution in [0.2, 0.25) is 0 Å². The largest absolute Gasteiger partial charge is 0.352 e. The van der Waals surface area contributed by atoms with E-state index in [1.165, 1.54) is 18.2 Å². The number of nitrogens with zero attached hydrogens (tertiary/aromatic N) is 3. The third kappa shape index (κ3) is 9.15. The number of hydrogen-bond acceptors (Lipinski definition) is 7. The van der Waals surface area contributed by atoms with Crippen molar-refractivity contribution in [3.63, 3.8) is 0 Å². The lowest BCUT2D eigenvalue weighted by molar-refractivity contribution is 0.0943. The van der Waals surface area contributed by atoms with Gasteiger partial charge in [0.1, 0.15) is 0 Å². The van der Waals surface area contributed by atoms with E-state index in [0.717, 1.165) is 50.8 Å². The Labute approximate surface area is 269 Å². The predicted octanol–water partition coefficient (Wildman–Crippen LogP) is 3.00. The number of carbonyl (C=O) groups excluding carboxylic acids is 2. The fraction of sp³-hybridized carbons (Fsp3) is 0.353. The number of aryl methyl sites for hydroxylation is 2. The Bertz CT molecular complexity index is 1800. The Balaban J connectivity index is 1.29. The van der Waals surface area contributed by atoms with Gasteiger partial charge in [-0.2, -0.15) is 10.2 Å². The SMILES string of the molecule is Cn1ccc(CS(=O)(=O)c2ccc(C(=O)NCCCc3cn[nH]c3)cc2C#Cc2ccc(C(=O)NCCC3CCNCC3)cc2)n1. The van der Waals surface area contributed by atoms with Crippen LogP contribution in [0.25, 0.3) is 0 Å². The van der Waals surface area contributed by atoms with Gasteiger partial charge in [0, 0.05) is 54.8 Å². The highest BCUT2D eigenvalue weighted by molar-refractivity contribution is 7.90. The lowest BCUT2D eigenvalue weighted by Gasteiger charge is -2.22. The van der Waals surface area contributed by atoms with Gasteiger partial charge in [0.15, 0.2) is 9.84 Å². The highest BCUT2D eigenvalue weighted by atomic mass is 32.2. The van der Waals surface area contributed by atoms with Crippen LogP contribution in [-0.4, -0.2) is 66.4 Å². The van der Waals surface area contributed by atoms with Crippen molar-refractivity contribution >= 4 is 21.7 Å². The molecule has 0 unspecified atom stereocenters. The maximum absolute atomic E-state index is 13.5. The summed E-state index contributed by atoms with van der Waals surface area (Å²) in [4.78, 5) is 25.7. The van der Waals surface area contributed by atoms with E-state index in [-0.39, 0.29) is 28.0 Å². The molecule has 0 atom stereocenters. The van der Waals surface area contributed by atoms with E-state index >= 15 is 0 Å². The second kappa shape index (κ2) is 15.5. The molecule has 0 aliphatic carbocycles. The number of piperidine rings is 1. The number of rotatable bonds is 12. The zero-order chi connectivity index (χ0) is 32.4. The Morgan fingerprint density at radius 3 is 2.43 bits per heavy atom. The smallest absolute Gasteiger partial charge is 0.251 e. The molecule has 3 heterocycles. The van der Waals surface area contributed by atoms with Crippen molar-refractivity contribution in [2.75, 3.05) is 26.2 Å². The van der Waals surface area contributed by atoms with Gasteiger partial charge in [0.25, 0.3) is 11.8 Å². The molecule has 11 nitrogen and oxygen atoms in total. The van der Waals surface area contributed by atoms with E-state index in [1.807, 2.05) is 6.20 Å². The Morgan fingerprint density at radius 1 is 0.978 bits per heavy atom. The van der Waals surface area contributed by atoms with E-state index in [4.69, 9.17) is 0 Å². The predicted molar refractivity (Wildman–Crippen MR) is 175 cm³/mol. The number of nitrogens with one attached hydrogen (secondary N) is 4. The molecule has 240 valence electrons. The molecule has 1 aliphatic rings. The number of amides is 2. The molecule has 1 aliphatic heterocycles. The summed E-state index contributed by atoms with van der Waals surface area (Å²) in [5.41, 5.74) is 3.11. The van der Waals surface area contributed by atoms with Gasteiger partial charge in [-0.15, -0.1) is 0 Å². The van der Waals surface area contributed by atoms with Crippen LogP contribution in [0.1, 0.15) is 68.8 Å². The Kier molecular flexibility index (Phi) is 11.0. The topological polar surface area (TPSA) is 151 Å². The molecule has 12 heteroatoms. The van der Waals surface area contributed by atoms with E-state index in [9.17, 15) is 18.0 Å². The molecule has 2 aromatic heterocycles. The second-order valence-corrected chi connectivity index (χ2v) is 13.4. The molecule has 1 fully saturated rings. The third-order valence-corrected chi connectivity index (χ3v) is 9.65. The summed E-state index contributed by atoms with van der Waals surface area (Å²) in [6.45, 7) is 3.14. The zero-order valence-electron chi connectivity index (χ0n) is 25.9. The zero-order valence-corrected chi connectivity index (χ0v) is 26.7. The number of aromatic nitrogens is 4. The Hall–Kier alpha value is -4.73. The van der Waals surface area contributed by atoms with Crippen LogP contribution in [0.4, 0.5) is 0 Å². The van der Waals surface area contributed by atoms with Crippen molar-refractivity contribution in [3.05, 3.63) is 101 Å². The maximum atomic E-state index is 13.5. The molecule has 4 aromatic rings. The average Bonchev–Trinajstić information content (AvgIpc) is 3.73. The van der Waals surface area contributed by atoms with Gasteiger partial charge >= 0.3 is 0 Å². The minimum absolute atomic E-state index is 0.0203. The summed E-state index contributed by atoms with van der Waals surface area (Å²) in [7, 11) is -2.11. The van der Waals surface area contributed by atoms with Crippen LogP contribution in [0.3, 0.4) is 0 Å². The van der Waals surface area contributed by atoms with Gasteiger partial charge in [0.2, 0.25) is 0 Å². The van der Waals surface area contributed by atoms with E-state index < -0.39 is 9.84 Å². The highest BCUT2D eigenvalue weighted by Gasteiger charge is 2.22. The summed E-state index contributed by atoms with van der Waals surface area (Å²) in [6.07, 6.45) is 9.96. The molecule has 0 bridgehead atoms. The lowest BCUT2D eigenvalue weighted by atomic mass is 9.95. The molecule has 0 spiro atoms. The van der Waals surface area contributed by atoms with Crippen molar-refractivity contribution < 1.29 is 18.0 Å². The summed E-state index contributed by atoms with van der Waals surface area (Å²) >= 11 is 0. The van der Waals surface area contributed by atoms with Gasteiger partial charge in [-0.05, 0) is 105 Å². The van der Waals surface area contributed by atoms with Crippen LogP contribution in [0.5, 0.6) is 0 Å². The van der Waals surface area contributed by atoms with E-state index in [0.29, 0.717) is 41.4 Å². The monoisotopic (exact) mass is 641 g/mol. The number of benzene rings is 2. The average molecular weight is 642 g/mol. The molecule has 0 saturated carbocycles. The summed E-state index contributed by atoms with van der Waals surface area (Å²) in [6, 6.07) is 13.0. The molecular weight excluding hydrogens is 602 g/mol. The van der Waals surface area contributed by atoms with Gasteiger partial charge < -0.3 is 16.0 Å². The van der Waals surface area contributed by atoms with Crippen molar-refractivity contribution in [1.82, 2.24) is 35.9 Å². The molecule has 1 saturated heterocycles. The number of H-pyrrole nitrogens is 1. The van der Waals surface area contributed by atoms with Crippen LogP contribution >= 0.6 is 0 Å². The number of sulfone groups is 1. The number of aromatic amines is 1. The first-order valence-electron chi connectivity index (χ1n) is 15.5. The fourth-order valence-electron chi connectivity index (χ4n) is 5.37. The molecule has 46 heavy (non-hydrogen) atoms. The summed E-state index contributed by atoms with van der Waals surface area (Å²) < 4.78 is 28.5.